The lowest BCUT2D eigenvalue weighted by atomic mass is 9.87. The van der Waals surface area contributed by atoms with Gasteiger partial charge in [-0.2, -0.15) is 0 Å². The van der Waals surface area contributed by atoms with E-state index in [4.69, 9.17) is 0 Å². The molecule has 0 bridgehead atoms. The Balaban J connectivity index is 1.82. The minimum Gasteiger partial charge on any atom is -0.352 e. The maximum Gasteiger partial charge on any atom is 0.251 e. The van der Waals surface area contributed by atoms with Crippen LogP contribution in [0.3, 0.4) is 0 Å². The van der Waals surface area contributed by atoms with E-state index >= 15 is 0 Å². The summed E-state index contributed by atoms with van der Waals surface area (Å²) in [7, 11) is 0. The maximum atomic E-state index is 12.4. The van der Waals surface area contributed by atoms with Crippen LogP contribution < -0.4 is 5.32 Å². The number of benzene rings is 1. The average molecular weight is 344 g/mol. The van der Waals surface area contributed by atoms with Gasteiger partial charge in [0.15, 0.2) is 0 Å². The molecule has 1 aromatic carbocycles. The fourth-order valence-electron chi connectivity index (χ4n) is 3.40. The number of amides is 2. The van der Waals surface area contributed by atoms with Crippen molar-refractivity contribution >= 4 is 11.8 Å². The lowest BCUT2D eigenvalue weighted by molar-refractivity contribution is -0.134. The van der Waals surface area contributed by atoms with Gasteiger partial charge in [-0.25, -0.2) is 0 Å². The SMILES string of the molecule is CCC1CCCCN1C(=O)CCNC(=O)c1ccc(C(C)(C)C)cc1. The first-order valence-electron chi connectivity index (χ1n) is 9.51. The lowest BCUT2D eigenvalue weighted by Crippen LogP contribution is -2.44. The van der Waals surface area contributed by atoms with Crippen LogP contribution in [0, 0.1) is 0 Å². The zero-order chi connectivity index (χ0) is 18.4. The minimum atomic E-state index is -0.112. The molecule has 4 heteroatoms. The summed E-state index contributed by atoms with van der Waals surface area (Å²) in [5.41, 5.74) is 1.92. The van der Waals surface area contributed by atoms with Gasteiger partial charge in [-0.15, -0.1) is 0 Å². The summed E-state index contributed by atoms with van der Waals surface area (Å²) in [6, 6.07) is 8.09. The van der Waals surface area contributed by atoms with Gasteiger partial charge < -0.3 is 10.2 Å². The highest BCUT2D eigenvalue weighted by Gasteiger charge is 2.24. The summed E-state index contributed by atoms with van der Waals surface area (Å²) >= 11 is 0. The van der Waals surface area contributed by atoms with E-state index in [1.54, 1.807) is 0 Å². The molecule has 1 N–H and O–H groups in total. The Labute approximate surface area is 152 Å². The fraction of sp³-hybridized carbons (Fsp3) is 0.619. The Morgan fingerprint density at radius 1 is 1.16 bits per heavy atom. The van der Waals surface area contributed by atoms with Crippen LogP contribution in [0.4, 0.5) is 0 Å². The molecule has 0 spiro atoms. The third-order valence-corrected chi connectivity index (χ3v) is 5.06. The van der Waals surface area contributed by atoms with Crippen LogP contribution in [-0.4, -0.2) is 35.8 Å². The molecule has 0 saturated carbocycles. The Bertz CT molecular complexity index is 587. The summed E-state index contributed by atoms with van der Waals surface area (Å²) in [4.78, 5) is 26.7. The zero-order valence-corrected chi connectivity index (χ0v) is 16.1. The number of piperidine rings is 1. The number of hydrogen-bond acceptors (Lipinski definition) is 2. The zero-order valence-electron chi connectivity index (χ0n) is 16.1. The van der Waals surface area contributed by atoms with Gasteiger partial charge in [-0.05, 0) is 48.8 Å². The molecule has 1 aliphatic heterocycles. The predicted molar refractivity (Wildman–Crippen MR) is 102 cm³/mol. The van der Waals surface area contributed by atoms with Gasteiger partial charge in [0.1, 0.15) is 0 Å². The molecule has 0 radical (unpaired) electrons. The first-order chi connectivity index (χ1) is 11.8. The molecule has 4 nitrogen and oxygen atoms in total. The highest BCUT2D eigenvalue weighted by Crippen LogP contribution is 2.22. The van der Waals surface area contributed by atoms with E-state index in [-0.39, 0.29) is 17.2 Å². The molecule has 1 atom stereocenters. The molecule has 25 heavy (non-hydrogen) atoms. The molecule has 1 unspecified atom stereocenters. The topological polar surface area (TPSA) is 49.4 Å². The molecule has 1 fully saturated rings. The number of rotatable bonds is 5. The average Bonchev–Trinajstić information content (AvgIpc) is 2.60. The summed E-state index contributed by atoms with van der Waals surface area (Å²) < 4.78 is 0. The van der Waals surface area contributed by atoms with E-state index in [1.165, 1.54) is 12.0 Å². The quantitative estimate of drug-likeness (QED) is 0.881. The second-order valence-electron chi connectivity index (χ2n) is 7.98. The van der Waals surface area contributed by atoms with Gasteiger partial charge in [-0.1, -0.05) is 39.8 Å². The second-order valence-corrected chi connectivity index (χ2v) is 7.98. The Hall–Kier alpha value is -1.84. The maximum absolute atomic E-state index is 12.4. The summed E-state index contributed by atoms with van der Waals surface area (Å²) in [6.07, 6.45) is 4.80. The van der Waals surface area contributed by atoms with Crippen molar-refractivity contribution in [2.45, 2.75) is 71.3 Å². The molecule has 1 heterocycles. The Morgan fingerprint density at radius 3 is 2.44 bits per heavy atom. The number of nitrogens with zero attached hydrogens (tertiary/aromatic N) is 1. The van der Waals surface area contributed by atoms with Crippen LogP contribution in [0.25, 0.3) is 0 Å². The Kier molecular flexibility index (Phi) is 6.63. The van der Waals surface area contributed by atoms with Crippen molar-refractivity contribution < 1.29 is 9.59 Å². The number of carbonyl (C=O) groups is 2. The number of nitrogens with one attached hydrogen (secondary N) is 1. The van der Waals surface area contributed by atoms with Crippen molar-refractivity contribution in [3.63, 3.8) is 0 Å². The Morgan fingerprint density at radius 2 is 1.84 bits per heavy atom. The molecule has 138 valence electrons. The van der Waals surface area contributed by atoms with Crippen molar-refractivity contribution in [1.29, 1.82) is 0 Å². The van der Waals surface area contributed by atoms with E-state index in [2.05, 4.69) is 33.0 Å². The smallest absolute Gasteiger partial charge is 0.251 e. The van der Waals surface area contributed by atoms with E-state index in [0.717, 1.165) is 25.8 Å². The van der Waals surface area contributed by atoms with Gasteiger partial charge in [-0.3, -0.25) is 9.59 Å². The monoisotopic (exact) mass is 344 g/mol. The van der Waals surface area contributed by atoms with Crippen molar-refractivity contribution in [1.82, 2.24) is 10.2 Å². The third kappa shape index (κ3) is 5.32. The predicted octanol–water partition coefficient (Wildman–Crippen LogP) is 3.90. The van der Waals surface area contributed by atoms with Gasteiger partial charge in [0.25, 0.3) is 5.91 Å². The summed E-state index contributed by atoms with van der Waals surface area (Å²) in [6.45, 7) is 9.85. The van der Waals surface area contributed by atoms with Crippen molar-refractivity contribution in [3.8, 4) is 0 Å². The van der Waals surface area contributed by atoms with Gasteiger partial charge in [0, 0.05) is 31.1 Å². The standard InChI is InChI=1S/C21H32N2O2/c1-5-18-8-6-7-15-23(18)19(24)13-14-22-20(25)16-9-11-17(12-10-16)21(2,3)4/h9-12,18H,5-8,13-15H2,1-4H3,(H,22,25). The van der Waals surface area contributed by atoms with E-state index in [0.29, 0.717) is 24.6 Å². The fourth-order valence-corrected chi connectivity index (χ4v) is 3.40. The van der Waals surface area contributed by atoms with Crippen molar-refractivity contribution in [2.24, 2.45) is 0 Å². The van der Waals surface area contributed by atoms with E-state index < -0.39 is 0 Å². The van der Waals surface area contributed by atoms with Crippen molar-refractivity contribution in [3.05, 3.63) is 35.4 Å². The first kappa shape index (κ1) is 19.5. The molecule has 1 saturated heterocycles. The van der Waals surface area contributed by atoms with Crippen LogP contribution in [0.5, 0.6) is 0 Å². The molecule has 1 aliphatic rings. The van der Waals surface area contributed by atoms with E-state index in [1.807, 2.05) is 29.2 Å². The molecular weight excluding hydrogens is 312 g/mol. The second kappa shape index (κ2) is 8.50. The number of hydrogen-bond donors (Lipinski definition) is 1. The molecule has 0 aliphatic carbocycles. The highest BCUT2D eigenvalue weighted by molar-refractivity contribution is 5.94. The third-order valence-electron chi connectivity index (χ3n) is 5.06. The van der Waals surface area contributed by atoms with E-state index in [9.17, 15) is 9.59 Å². The molecule has 0 aromatic heterocycles. The number of carbonyl (C=O) groups excluding carboxylic acids is 2. The molecule has 1 aromatic rings. The van der Waals surface area contributed by atoms with Crippen LogP contribution in [-0.2, 0) is 10.2 Å². The number of likely N-dealkylation sites (tertiary alicyclic amines) is 1. The molecule has 2 rings (SSSR count). The van der Waals surface area contributed by atoms with Gasteiger partial charge in [0.05, 0.1) is 0 Å². The van der Waals surface area contributed by atoms with Gasteiger partial charge in [0.2, 0.25) is 5.91 Å². The molecule has 2 amide bonds. The van der Waals surface area contributed by atoms with Crippen LogP contribution >= 0.6 is 0 Å². The highest BCUT2D eigenvalue weighted by atomic mass is 16.2. The summed E-state index contributed by atoms with van der Waals surface area (Å²) in [5.74, 6) is 0.0499. The summed E-state index contributed by atoms with van der Waals surface area (Å²) in [5, 5.41) is 2.87. The van der Waals surface area contributed by atoms with Gasteiger partial charge >= 0.3 is 0 Å². The molecular formula is C21H32N2O2. The van der Waals surface area contributed by atoms with Crippen LogP contribution in [0.1, 0.15) is 75.7 Å². The van der Waals surface area contributed by atoms with Crippen LogP contribution in [0.15, 0.2) is 24.3 Å². The lowest BCUT2D eigenvalue weighted by Gasteiger charge is -2.35. The van der Waals surface area contributed by atoms with Crippen molar-refractivity contribution in [2.75, 3.05) is 13.1 Å². The van der Waals surface area contributed by atoms with Crippen LogP contribution in [0.2, 0.25) is 0 Å². The first-order valence-corrected chi connectivity index (χ1v) is 9.51. The minimum absolute atomic E-state index is 0.0751. The normalized spacial score (nSPS) is 18.1. The largest absolute Gasteiger partial charge is 0.352 e.